The van der Waals surface area contributed by atoms with Crippen molar-refractivity contribution in [2.75, 3.05) is 0 Å². The van der Waals surface area contributed by atoms with Crippen molar-refractivity contribution in [2.45, 2.75) is 84.5 Å². The third-order valence-electron chi connectivity index (χ3n) is 5.50. The van der Waals surface area contributed by atoms with Gasteiger partial charge in [-0.2, -0.15) is 0 Å². The van der Waals surface area contributed by atoms with Crippen molar-refractivity contribution in [3.8, 4) is 0 Å². The topological polar surface area (TPSA) is 74.6 Å². The Kier molecular flexibility index (Phi) is 9.54. The first-order chi connectivity index (χ1) is 12.0. The molecule has 0 amide bonds. The Labute approximate surface area is 152 Å². The first-order valence-electron chi connectivity index (χ1n) is 9.81. The molecule has 1 aliphatic carbocycles. The van der Waals surface area contributed by atoms with E-state index in [4.69, 9.17) is 0 Å². The van der Waals surface area contributed by atoms with Crippen LogP contribution < -0.4 is 0 Å². The van der Waals surface area contributed by atoms with Gasteiger partial charge in [0.25, 0.3) is 0 Å². The fourth-order valence-corrected chi connectivity index (χ4v) is 3.71. The minimum atomic E-state index is -1.08. The number of carbonyl (C=O) groups is 2. The van der Waals surface area contributed by atoms with E-state index < -0.39 is 23.3 Å². The summed E-state index contributed by atoms with van der Waals surface area (Å²) in [6.45, 7) is 3.94. The molecule has 0 aromatic rings. The highest BCUT2D eigenvalue weighted by Gasteiger charge is 2.45. The second-order valence-electron chi connectivity index (χ2n) is 7.29. The van der Waals surface area contributed by atoms with E-state index in [2.05, 4.69) is 6.92 Å². The van der Waals surface area contributed by atoms with Crippen LogP contribution in [0, 0.1) is 11.3 Å². The lowest BCUT2D eigenvalue weighted by Gasteiger charge is -2.35. The van der Waals surface area contributed by atoms with Crippen LogP contribution in [0.25, 0.3) is 0 Å². The second kappa shape index (κ2) is 11.1. The monoisotopic (exact) mass is 350 g/mol. The molecule has 1 rings (SSSR count). The fraction of sp³-hybridized carbons (Fsp3) is 0.714. The van der Waals surface area contributed by atoms with Gasteiger partial charge in [0.2, 0.25) is 0 Å². The van der Waals surface area contributed by atoms with Crippen molar-refractivity contribution in [2.24, 2.45) is 11.3 Å². The molecule has 4 heteroatoms. The van der Waals surface area contributed by atoms with Gasteiger partial charge in [0.15, 0.2) is 0 Å². The van der Waals surface area contributed by atoms with Crippen LogP contribution in [0.2, 0.25) is 0 Å². The summed E-state index contributed by atoms with van der Waals surface area (Å²) in [5.74, 6) is -2.45. The number of carboxylic acids is 2. The van der Waals surface area contributed by atoms with E-state index >= 15 is 0 Å². The molecule has 2 unspecified atom stereocenters. The summed E-state index contributed by atoms with van der Waals surface area (Å²) in [5.41, 5.74) is -0.889. The van der Waals surface area contributed by atoms with Crippen molar-refractivity contribution >= 4 is 11.9 Å². The summed E-state index contributed by atoms with van der Waals surface area (Å²) >= 11 is 0. The van der Waals surface area contributed by atoms with Gasteiger partial charge >= 0.3 is 11.9 Å². The maximum Gasteiger partial charge on any atom is 0.331 e. The number of allylic oxidation sites excluding steroid dienone is 2. The minimum absolute atomic E-state index is 0.192. The second-order valence-corrected chi connectivity index (χ2v) is 7.29. The lowest BCUT2D eigenvalue weighted by molar-refractivity contribution is -0.149. The number of carboxylic acid groups (broad SMARTS) is 2. The summed E-state index contributed by atoms with van der Waals surface area (Å²) in [7, 11) is 0. The normalized spacial score (nSPS) is 22.6. The number of aliphatic carboxylic acids is 2. The number of hydrogen-bond donors (Lipinski definition) is 2. The molecular formula is C21H34O4. The molecule has 0 aromatic carbocycles. The Morgan fingerprint density at radius 1 is 0.960 bits per heavy atom. The molecular weight excluding hydrogens is 316 g/mol. The first kappa shape index (κ1) is 21.5. The molecule has 0 saturated heterocycles. The number of unbranched alkanes of at least 4 members (excludes halogenated alkanes) is 9. The van der Waals surface area contributed by atoms with E-state index in [1.165, 1.54) is 51.0 Å². The quantitative estimate of drug-likeness (QED) is 0.425. The van der Waals surface area contributed by atoms with E-state index in [-0.39, 0.29) is 5.57 Å². The van der Waals surface area contributed by atoms with Crippen molar-refractivity contribution in [3.05, 3.63) is 23.8 Å². The third kappa shape index (κ3) is 6.33. The van der Waals surface area contributed by atoms with Gasteiger partial charge in [-0.3, -0.25) is 4.79 Å². The lowest BCUT2D eigenvalue weighted by Crippen LogP contribution is -2.39. The van der Waals surface area contributed by atoms with Gasteiger partial charge in [-0.25, -0.2) is 4.79 Å². The van der Waals surface area contributed by atoms with Crippen LogP contribution in [-0.4, -0.2) is 22.2 Å². The zero-order valence-corrected chi connectivity index (χ0v) is 15.8. The molecule has 25 heavy (non-hydrogen) atoms. The summed E-state index contributed by atoms with van der Waals surface area (Å²) in [6, 6.07) is 0. The van der Waals surface area contributed by atoms with Crippen LogP contribution in [0.1, 0.15) is 84.5 Å². The summed E-state index contributed by atoms with van der Waals surface area (Å²) in [5, 5.41) is 19.0. The zero-order chi connectivity index (χ0) is 18.7. The van der Waals surface area contributed by atoms with Crippen LogP contribution in [0.3, 0.4) is 0 Å². The third-order valence-corrected chi connectivity index (χ3v) is 5.50. The van der Waals surface area contributed by atoms with Crippen molar-refractivity contribution in [1.82, 2.24) is 0 Å². The fourth-order valence-electron chi connectivity index (χ4n) is 3.71. The van der Waals surface area contributed by atoms with E-state index in [0.717, 1.165) is 19.3 Å². The zero-order valence-electron chi connectivity index (χ0n) is 15.8. The summed E-state index contributed by atoms with van der Waals surface area (Å²) in [4.78, 5) is 23.2. The molecule has 0 radical (unpaired) electrons. The molecule has 1 aliphatic rings. The molecule has 0 fully saturated rings. The van der Waals surface area contributed by atoms with E-state index in [9.17, 15) is 19.8 Å². The molecule has 0 aliphatic heterocycles. The van der Waals surface area contributed by atoms with Gasteiger partial charge in [-0.05, 0) is 6.42 Å². The van der Waals surface area contributed by atoms with Gasteiger partial charge in [0.1, 0.15) is 0 Å². The van der Waals surface area contributed by atoms with Crippen LogP contribution in [0.5, 0.6) is 0 Å². The van der Waals surface area contributed by atoms with Crippen molar-refractivity contribution < 1.29 is 19.8 Å². The molecule has 0 aromatic heterocycles. The smallest absolute Gasteiger partial charge is 0.331 e. The van der Waals surface area contributed by atoms with E-state index in [0.29, 0.717) is 6.42 Å². The van der Waals surface area contributed by atoms with Crippen LogP contribution >= 0.6 is 0 Å². The SMILES string of the molecule is CCCCCCCCCCCCC1(C(=O)O)C=CC=C(C(=O)O)C1C. The van der Waals surface area contributed by atoms with Crippen LogP contribution in [0.15, 0.2) is 23.8 Å². The maximum absolute atomic E-state index is 11.9. The van der Waals surface area contributed by atoms with E-state index in [1.807, 2.05) is 0 Å². The number of hydrogen-bond acceptors (Lipinski definition) is 2. The Hall–Kier alpha value is -1.58. The predicted octanol–water partition coefficient (Wildman–Crippen LogP) is 5.59. The highest BCUT2D eigenvalue weighted by Crippen LogP contribution is 2.42. The Balaban J connectivity index is 2.36. The number of rotatable bonds is 13. The standard InChI is InChI=1S/C21H34O4/c1-3-4-5-6-7-8-9-10-11-12-15-21(20(24)25)16-13-14-18(17(21)2)19(22)23/h13-14,16-17H,3-12,15H2,1-2H3,(H,22,23)(H,24,25). The van der Waals surface area contributed by atoms with E-state index in [1.54, 1.807) is 19.1 Å². The van der Waals surface area contributed by atoms with Gasteiger partial charge in [-0.1, -0.05) is 96.3 Å². The molecule has 0 saturated carbocycles. The van der Waals surface area contributed by atoms with Crippen molar-refractivity contribution in [1.29, 1.82) is 0 Å². The largest absolute Gasteiger partial charge is 0.481 e. The molecule has 0 heterocycles. The summed E-state index contributed by atoms with van der Waals surface area (Å²) in [6.07, 6.45) is 17.3. The minimum Gasteiger partial charge on any atom is -0.481 e. The summed E-state index contributed by atoms with van der Waals surface area (Å²) < 4.78 is 0. The Bertz CT molecular complexity index is 492. The van der Waals surface area contributed by atoms with Crippen LogP contribution in [0.4, 0.5) is 0 Å². The maximum atomic E-state index is 11.9. The molecule has 0 bridgehead atoms. The molecule has 0 spiro atoms. The Morgan fingerprint density at radius 3 is 1.96 bits per heavy atom. The van der Waals surface area contributed by atoms with Crippen molar-refractivity contribution in [3.63, 3.8) is 0 Å². The predicted molar refractivity (Wildman–Crippen MR) is 101 cm³/mol. The lowest BCUT2D eigenvalue weighted by atomic mass is 9.67. The van der Waals surface area contributed by atoms with Gasteiger partial charge < -0.3 is 10.2 Å². The first-order valence-corrected chi connectivity index (χ1v) is 9.81. The van der Waals surface area contributed by atoms with Gasteiger partial charge in [0.05, 0.1) is 5.41 Å². The average molecular weight is 350 g/mol. The molecule has 4 nitrogen and oxygen atoms in total. The Morgan fingerprint density at radius 2 is 1.48 bits per heavy atom. The van der Waals surface area contributed by atoms with Crippen LogP contribution in [-0.2, 0) is 9.59 Å². The van der Waals surface area contributed by atoms with Gasteiger partial charge in [-0.15, -0.1) is 0 Å². The van der Waals surface area contributed by atoms with Gasteiger partial charge in [0, 0.05) is 11.5 Å². The highest BCUT2D eigenvalue weighted by atomic mass is 16.4. The molecule has 2 N–H and O–H groups in total. The molecule has 2 atom stereocenters. The average Bonchev–Trinajstić information content (AvgIpc) is 2.57. The highest BCUT2D eigenvalue weighted by molar-refractivity contribution is 5.91. The molecule has 142 valence electrons.